The summed E-state index contributed by atoms with van der Waals surface area (Å²) in [6.07, 6.45) is 2.54. The van der Waals surface area contributed by atoms with Gasteiger partial charge in [0.05, 0.1) is 16.5 Å². The summed E-state index contributed by atoms with van der Waals surface area (Å²) in [4.78, 5) is 27.0. The fourth-order valence-electron chi connectivity index (χ4n) is 4.12. The second-order valence-corrected chi connectivity index (χ2v) is 9.52. The van der Waals surface area contributed by atoms with Gasteiger partial charge in [0.25, 0.3) is 11.1 Å². The maximum absolute atomic E-state index is 12.8. The summed E-state index contributed by atoms with van der Waals surface area (Å²) in [5, 5.41) is 9.04. The number of rotatable bonds is 7. The fourth-order valence-corrected chi connectivity index (χ4v) is 5.04. The molecule has 3 aromatic rings. The molecule has 4 rings (SSSR count). The van der Waals surface area contributed by atoms with Gasteiger partial charge in [-0.1, -0.05) is 25.1 Å². The number of hydrogen-bond acceptors (Lipinski definition) is 5. The molecule has 1 aliphatic heterocycles. The molecule has 0 radical (unpaired) electrons. The molecule has 1 atom stereocenters. The van der Waals surface area contributed by atoms with Crippen molar-refractivity contribution >= 4 is 29.0 Å². The lowest BCUT2D eigenvalue weighted by Gasteiger charge is -2.19. The first kappa shape index (κ1) is 24.4. The Hall–Kier alpha value is -3.76. The van der Waals surface area contributed by atoms with Crippen molar-refractivity contribution in [2.75, 3.05) is 0 Å². The number of thioether (sulfide) groups is 1. The third kappa shape index (κ3) is 4.89. The maximum atomic E-state index is 12.8. The first-order chi connectivity index (χ1) is 16.8. The topological polar surface area (TPSA) is 75.3 Å². The highest BCUT2D eigenvalue weighted by atomic mass is 32.2. The molecule has 0 aliphatic carbocycles. The summed E-state index contributed by atoms with van der Waals surface area (Å²) < 4.78 is 8.00. The molecule has 1 aromatic heterocycles. The number of imide groups is 1. The zero-order valence-electron chi connectivity index (χ0n) is 20.2. The van der Waals surface area contributed by atoms with Crippen LogP contribution in [0.2, 0.25) is 0 Å². The minimum absolute atomic E-state index is 0.116. The second-order valence-electron chi connectivity index (χ2n) is 8.52. The molecule has 1 aliphatic rings. The van der Waals surface area contributed by atoms with Gasteiger partial charge in [0.15, 0.2) is 0 Å². The Morgan fingerprint density at radius 1 is 1.11 bits per heavy atom. The molecule has 1 saturated heterocycles. The van der Waals surface area contributed by atoms with Crippen molar-refractivity contribution in [3.63, 3.8) is 0 Å². The van der Waals surface area contributed by atoms with E-state index in [-0.39, 0.29) is 17.2 Å². The molecule has 6 nitrogen and oxygen atoms in total. The fraction of sp³-hybridized carbons (Fsp3) is 0.250. The standard InChI is InChI=1S/C28H27N3O3S/c1-5-18(2)31-27(32)26(35-28(31)33)15-23-14-19(3)30(20(23)4)24-10-12-25(13-11-24)34-17-22-9-7-6-8-21(22)16-29/h6-15,18H,5,17H2,1-4H3/b26-15-/t18-/m1/s1. The Bertz CT molecular complexity index is 1350. The monoisotopic (exact) mass is 485 g/mol. The van der Waals surface area contributed by atoms with Gasteiger partial charge < -0.3 is 9.30 Å². The molecule has 2 aromatic carbocycles. The van der Waals surface area contributed by atoms with Gasteiger partial charge >= 0.3 is 0 Å². The summed E-state index contributed by atoms with van der Waals surface area (Å²) in [5.74, 6) is 0.488. The van der Waals surface area contributed by atoms with Gasteiger partial charge in [0, 0.05) is 28.7 Å². The van der Waals surface area contributed by atoms with Crippen LogP contribution >= 0.6 is 11.8 Å². The minimum atomic E-state index is -0.223. The van der Waals surface area contributed by atoms with Crippen molar-refractivity contribution in [1.82, 2.24) is 9.47 Å². The smallest absolute Gasteiger partial charge is 0.293 e. The molecule has 0 spiro atoms. The molecule has 0 saturated carbocycles. The normalized spacial score (nSPS) is 15.5. The number of nitrogens with zero attached hydrogens (tertiary/aromatic N) is 3. The zero-order chi connectivity index (χ0) is 25.1. The van der Waals surface area contributed by atoms with Gasteiger partial charge in [0.2, 0.25) is 0 Å². The van der Waals surface area contributed by atoms with Crippen molar-refractivity contribution in [3.8, 4) is 17.5 Å². The van der Waals surface area contributed by atoms with E-state index < -0.39 is 0 Å². The highest BCUT2D eigenvalue weighted by Gasteiger charge is 2.37. The lowest BCUT2D eigenvalue weighted by Crippen LogP contribution is -2.36. The molecule has 1 fully saturated rings. The maximum Gasteiger partial charge on any atom is 0.293 e. The average Bonchev–Trinajstić information content (AvgIpc) is 3.30. The Morgan fingerprint density at radius 3 is 2.51 bits per heavy atom. The first-order valence-electron chi connectivity index (χ1n) is 11.5. The summed E-state index contributed by atoms with van der Waals surface area (Å²) >= 11 is 1.00. The molecule has 35 heavy (non-hydrogen) atoms. The molecule has 2 amide bonds. The third-order valence-electron chi connectivity index (χ3n) is 6.24. The van der Waals surface area contributed by atoms with Crippen LogP contribution in [0, 0.1) is 25.2 Å². The summed E-state index contributed by atoms with van der Waals surface area (Å²) in [5.41, 5.74) is 5.33. The number of amides is 2. The summed E-state index contributed by atoms with van der Waals surface area (Å²) in [7, 11) is 0. The van der Waals surface area contributed by atoms with Gasteiger partial charge in [-0.25, -0.2) is 0 Å². The van der Waals surface area contributed by atoms with Crippen LogP contribution in [0.1, 0.15) is 48.3 Å². The van der Waals surface area contributed by atoms with Crippen LogP contribution in [0.4, 0.5) is 4.79 Å². The average molecular weight is 486 g/mol. The molecular formula is C28H27N3O3S. The largest absolute Gasteiger partial charge is 0.489 e. The van der Waals surface area contributed by atoms with E-state index >= 15 is 0 Å². The van der Waals surface area contributed by atoms with Crippen LogP contribution in [0.3, 0.4) is 0 Å². The van der Waals surface area contributed by atoms with E-state index in [0.717, 1.165) is 46.4 Å². The number of aryl methyl sites for hydroxylation is 1. The Labute approximate surface area is 209 Å². The minimum Gasteiger partial charge on any atom is -0.489 e. The Morgan fingerprint density at radius 2 is 1.83 bits per heavy atom. The number of aromatic nitrogens is 1. The van der Waals surface area contributed by atoms with Gasteiger partial charge in [-0.05, 0) is 87.0 Å². The summed E-state index contributed by atoms with van der Waals surface area (Å²) in [6.45, 7) is 8.19. The van der Waals surface area contributed by atoms with E-state index in [4.69, 9.17) is 4.74 Å². The predicted octanol–water partition coefficient (Wildman–Crippen LogP) is 6.38. The van der Waals surface area contributed by atoms with Gasteiger partial charge in [-0.2, -0.15) is 5.26 Å². The van der Waals surface area contributed by atoms with Crippen LogP contribution in [0.15, 0.2) is 59.5 Å². The van der Waals surface area contributed by atoms with Gasteiger partial charge in [-0.15, -0.1) is 0 Å². The van der Waals surface area contributed by atoms with E-state index in [9.17, 15) is 14.9 Å². The van der Waals surface area contributed by atoms with E-state index in [2.05, 4.69) is 10.6 Å². The van der Waals surface area contributed by atoms with Crippen LogP contribution in [0.25, 0.3) is 11.8 Å². The van der Waals surface area contributed by atoms with Crippen LogP contribution in [-0.2, 0) is 11.4 Å². The number of carbonyl (C=O) groups excluding carboxylic acids is 2. The Balaban J connectivity index is 1.53. The predicted molar refractivity (Wildman–Crippen MR) is 138 cm³/mol. The molecular weight excluding hydrogens is 458 g/mol. The number of hydrogen-bond donors (Lipinski definition) is 0. The zero-order valence-corrected chi connectivity index (χ0v) is 21.1. The Kier molecular flexibility index (Phi) is 7.13. The van der Waals surface area contributed by atoms with Crippen LogP contribution in [-0.4, -0.2) is 26.7 Å². The molecule has 7 heteroatoms. The van der Waals surface area contributed by atoms with Crippen molar-refractivity contribution in [2.24, 2.45) is 0 Å². The van der Waals surface area contributed by atoms with Crippen LogP contribution < -0.4 is 4.74 Å². The number of ether oxygens (including phenoxy) is 1. The quantitative estimate of drug-likeness (QED) is 0.363. The lowest BCUT2D eigenvalue weighted by molar-refractivity contribution is -0.124. The summed E-state index contributed by atoms with van der Waals surface area (Å²) in [6, 6.07) is 19.3. The van der Waals surface area contributed by atoms with Gasteiger partial charge in [0.1, 0.15) is 12.4 Å². The molecule has 0 unspecified atom stereocenters. The van der Waals surface area contributed by atoms with Crippen LogP contribution in [0.5, 0.6) is 5.75 Å². The van der Waals surface area contributed by atoms with Crippen molar-refractivity contribution in [3.05, 3.63) is 87.6 Å². The molecule has 178 valence electrons. The molecule has 0 bridgehead atoms. The molecule has 0 N–H and O–H groups in total. The highest BCUT2D eigenvalue weighted by molar-refractivity contribution is 8.18. The molecule has 2 heterocycles. The second kappa shape index (κ2) is 10.2. The highest BCUT2D eigenvalue weighted by Crippen LogP contribution is 2.35. The van der Waals surface area contributed by atoms with E-state index in [1.807, 2.05) is 82.3 Å². The van der Waals surface area contributed by atoms with Crippen molar-refractivity contribution in [1.29, 1.82) is 5.26 Å². The van der Waals surface area contributed by atoms with E-state index in [1.54, 1.807) is 6.07 Å². The van der Waals surface area contributed by atoms with Crippen molar-refractivity contribution < 1.29 is 14.3 Å². The lowest BCUT2D eigenvalue weighted by atomic mass is 10.1. The van der Waals surface area contributed by atoms with E-state index in [0.29, 0.717) is 22.8 Å². The number of benzene rings is 2. The third-order valence-corrected chi connectivity index (χ3v) is 7.12. The first-order valence-corrected chi connectivity index (χ1v) is 12.3. The van der Waals surface area contributed by atoms with Crippen molar-refractivity contribution in [2.45, 2.75) is 46.8 Å². The number of nitriles is 1. The SMILES string of the molecule is CC[C@@H](C)N1C(=O)S/C(=C\c2cc(C)n(-c3ccc(OCc4ccccc4C#N)cc3)c2C)C1=O. The van der Waals surface area contributed by atoms with Gasteiger partial charge in [-0.3, -0.25) is 14.5 Å². The van der Waals surface area contributed by atoms with E-state index in [1.165, 1.54) is 4.90 Å². The number of carbonyl (C=O) groups is 2.